The molecule has 0 saturated heterocycles. The van der Waals surface area contributed by atoms with Crippen LogP contribution in [0.1, 0.15) is 17.9 Å². The zero-order valence-electron chi connectivity index (χ0n) is 19.9. The summed E-state index contributed by atoms with van der Waals surface area (Å²) in [5.74, 6) is 0.0803. The monoisotopic (exact) mass is 538 g/mol. The highest BCUT2D eigenvalue weighted by atomic mass is 35.5. The van der Waals surface area contributed by atoms with E-state index in [1.54, 1.807) is 12.1 Å². The molecule has 0 fully saturated rings. The van der Waals surface area contributed by atoms with Crippen LogP contribution in [-0.4, -0.2) is 59.8 Å². The molecule has 0 N–H and O–H groups in total. The van der Waals surface area contributed by atoms with Crippen molar-refractivity contribution in [2.75, 3.05) is 26.8 Å². The van der Waals surface area contributed by atoms with Gasteiger partial charge in [-0.1, -0.05) is 11.6 Å². The predicted molar refractivity (Wildman–Crippen MR) is 132 cm³/mol. The molecule has 0 aliphatic carbocycles. The number of aromatic nitrogens is 1. The van der Waals surface area contributed by atoms with E-state index in [0.29, 0.717) is 12.2 Å². The molecule has 1 amide bonds. The van der Waals surface area contributed by atoms with Gasteiger partial charge < -0.3 is 18.6 Å². The third kappa shape index (κ3) is 6.72. The maximum absolute atomic E-state index is 13.5. The molecule has 2 heterocycles. The topological polar surface area (TPSA) is 128 Å². The van der Waals surface area contributed by atoms with Crippen molar-refractivity contribution in [3.05, 3.63) is 81.5 Å². The summed E-state index contributed by atoms with van der Waals surface area (Å²) in [6.07, 6.45) is 3.66. The third-order valence-electron chi connectivity index (χ3n) is 5.50. The Morgan fingerprint density at radius 3 is 2.61 bits per heavy atom. The summed E-state index contributed by atoms with van der Waals surface area (Å²) in [7, 11) is -0.946. The lowest BCUT2D eigenvalue weighted by Gasteiger charge is -2.27. The van der Waals surface area contributed by atoms with Gasteiger partial charge in [0.25, 0.3) is 5.69 Å². The number of aryl methyl sites for hydroxylation is 1. The number of hydrogen-bond donors (Lipinski definition) is 0. The number of nitrogens with zero attached hydrogens (tertiary/aromatic N) is 4. The lowest BCUT2D eigenvalue weighted by Crippen LogP contribution is -2.43. The van der Waals surface area contributed by atoms with Crippen molar-refractivity contribution in [1.29, 1.82) is 0 Å². The SMILES string of the molecule is COCCCN(CC(=O)N(Cc1ccco1)Cc1cccn1C)S(=O)(=O)c1ccc(Cl)c([N+](=O)[O-])c1. The molecule has 3 aromatic rings. The summed E-state index contributed by atoms with van der Waals surface area (Å²) >= 11 is 5.86. The van der Waals surface area contributed by atoms with Crippen LogP contribution in [0, 0.1) is 10.1 Å². The highest BCUT2D eigenvalue weighted by Crippen LogP contribution is 2.29. The number of methoxy groups -OCH3 is 1. The van der Waals surface area contributed by atoms with Crippen molar-refractivity contribution < 1.29 is 27.3 Å². The van der Waals surface area contributed by atoms with Crippen LogP contribution in [0.3, 0.4) is 0 Å². The lowest BCUT2D eigenvalue weighted by molar-refractivity contribution is -0.384. The molecule has 1 aromatic carbocycles. The van der Waals surface area contributed by atoms with Gasteiger partial charge in [0, 0.05) is 45.3 Å². The summed E-state index contributed by atoms with van der Waals surface area (Å²) in [5.41, 5.74) is 0.307. The van der Waals surface area contributed by atoms with Gasteiger partial charge in [0.15, 0.2) is 0 Å². The highest BCUT2D eigenvalue weighted by Gasteiger charge is 2.30. The maximum atomic E-state index is 13.5. The van der Waals surface area contributed by atoms with Crippen molar-refractivity contribution in [2.45, 2.75) is 24.4 Å². The van der Waals surface area contributed by atoms with Gasteiger partial charge in [-0.25, -0.2) is 8.42 Å². The minimum absolute atomic E-state index is 0.0307. The number of nitro benzene ring substituents is 1. The van der Waals surface area contributed by atoms with E-state index in [0.717, 1.165) is 22.1 Å². The molecule has 0 bridgehead atoms. The fourth-order valence-electron chi connectivity index (χ4n) is 3.54. The van der Waals surface area contributed by atoms with E-state index < -0.39 is 33.1 Å². The lowest BCUT2D eigenvalue weighted by atomic mass is 10.3. The van der Waals surface area contributed by atoms with E-state index >= 15 is 0 Å². The summed E-state index contributed by atoms with van der Waals surface area (Å²) in [6, 6.07) is 10.4. The van der Waals surface area contributed by atoms with Gasteiger partial charge in [0.2, 0.25) is 15.9 Å². The van der Waals surface area contributed by atoms with Gasteiger partial charge in [-0.15, -0.1) is 0 Å². The number of hydrogen-bond acceptors (Lipinski definition) is 7. The van der Waals surface area contributed by atoms with Crippen molar-refractivity contribution >= 4 is 33.2 Å². The average Bonchev–Trinajstić information content (AvgIpc) is 3.49. The molecule has 11 nitrogen and oxygen atoms in total. The minimum atomic E-state index is -4.28. The second-order valence-corrected chi connectivity index (χ2v) is 10.3. The van der Waals surface area contributed by atoms with Crippen molar-refractivity contribution in [3.8, 4) is 0 Å². The first kappa shape index (κ1) is 27.4. The number of ether oxygens (including phenoxy) is 1. The van der Waals surface area contributed by atoms with Gasteiger partial charge in [-0.2, -0.15) is 4.31 Å². The molecule has 0 atom stereocenters. The van der Waals surface area contributed by atoms with E-state index in [9.17, 15) is 23.3 Å². The van der Waals surface area contributed by atoms with Crippen LogP contribution in [0.4, 0.5) is 5.69 Å². The number of amides is 1. The van der Waals surface area contributed by atoms with Crippen LogP contribution in [0.5, 0.6) is 0 Å². The first-order valence-electron chi connectivity index (χ1n) is 11.0. The van der Waals surface area contributed by atoms with Crippen LogP contribution in [0.25, 0.3) is 0 Å². The van der Waals surface area contributed by atoms with E-state index in [-0.39, 0.29) is 36.2 Å². The fraction of sp³-hybridized carbons (Fsp3) is 0.348. The van der Waals surface area contributed by atoms with Crippen LogP contribution >= 0.6 is 11.6 Å². The third-order valence-corrected chi connectivity index (χ3v) is 7.66. The van der Waals surface area contributed by atoms with Crippen molar-refractivity contribution in [1.82, 2.24) is 13.8 Å². The zero-order valence-corrected chi connectivity index (χ0v) is 21.4. The van der Waals surface area contributed by atoms with Crippen LogP contribution in [0.2, 0.25) is 5.02 Å². The largest absolute Gasteiger partial charge is 0.467 e. The number of sulfonamides is 1. The van der Waals surface area contributed by atoms with E-state index in [1.165, 1.54) is 24.3 Å². The highest BCUT2D eigenvalue weighted by molar-refractivity contribution is 7.89. The Morgan fingerprint density at radius 1 is 1.22 bits per heavy atom. The fourth-order valence-corrected chi connectivity index (χ4v) is 5.18. The van der Waals surface area contributed by atoms with E-state index in [1.807, 2.05) is 29.9 Å². The van der Waals surface area contributed by atoms with Crippen LogP contribution in [0.15, 0.2) is 64.2 Å². The molecule has 194 valence electrons. The van der Waals surface area contributed by atoms with Gasteiger partial charge in [-0.3, -0.25) is 14.9 Å². The van der Waals surface area contributed by atoms with E-state index in [2.05, 4.69) is 0 Å². The molecule has 3 rings (SSSR count). The molecule has 36 heavy (non-hydrogen) atoms. The van der Waals surface area contributed by atoms with Gasteiger partial charge in [0.05, 0.1) is 35.7 Å². The molecule has 13 heteroatoms. The number of nitro groups is 1. The molecule has 0 radical (unpaired) electrons. The van der Waals surface area contributed by atoms with Crippen LogP contribution < -0.4 is 0 Å². The number of carbonyl (C=O) groups excluding carboxylic acids is 1. The molecular formula is C23H27ClN4O7S. The minimum Gasteiger partial charge on any atom is -0.467 e. The second kappa shape index (κ2) is 12.2. The second-order valence-electron chi connectivity index (χ2n) is 7.99. The normalized spacial score (nSPS) is 11.7. The van der Waals surface area contributed by atoms with E-state index in [4.69, 9.17) is 20.8 Å². The number of furan rings is 1. The van der Waals surface area contributed by atoms with Crippen LogP contribution in [-0.2, 0) is 39.7 Å². The average molecular weight is 539 g/mol. The summed E-state index contributed by atoms with van der Waals surface area (Å²) in [4.78, 5) is 25.2. The predicted octanol–water partition coefficient (Wildman–Crippen LogP) is 3.44. The quantitative estimate of drug-likeness (QED) is 0.185. The van der Waals surface area contributed by atoms with Crippen molar-refractivity contribution in [2.24, 2.45) is 7.05 Å². The molecule has 0 spiro atoms. The smallest absolute Gasteiger partial charge is 0.289 e. The Bertz CT molecular complexity index is 1290. The first-order chi connectivity index (χ1) is 17.1. The maximum Gasteiger partial charge on any atom is 0.289 e. The van der Waals surface area contributed by atoms with Gasteiger partial charge >= 0.3 is 0 Å². The Balaban J connectivity index is 1.91. The van der Waals surface area contributed by atoms with Crippen molar-refractivity contribution in [3.63, 3.8) is 0 Å². The van der Waals surface area contributed by atoms with Gasteiger partial charge in [0.1, 0.15) is 10.8 Å². The Labute approximate surface area is 214 Å². The standard InChI is InChI=1S/C23H27ClN4O7S/c1-25-10-3-6-18(25)15-26(16-19-7-4-13-35-19)23(29)17-27(11-5-12-34-2)36(32,33)20-8-9-21(24)22(14-20)28(30)31/h3-4,6-10,13-14H,5,11-12,15-17H2,1-2H3. The number of halogens is 1. The molecular weight excluding hydrogens is 512 g/mol. The Hall–Kier alpha value is -3.19. The number of benzene rings is 1. The summed E-state index contributed by atoms with van der Waals surface area (Å²) in [6.45, 7) is 0.113. The Morgan fingerprint density at radius 2 is 2.00 bits per heavy atom. The molecule has 0 saturated carbocycles. The molecule has 0 aliphatic heterocycles. The first-order valence-corrected chi connectivity index (χ1v) is 12.8. The molecule has 2 aromatic heterocycles. The number of carbonyl (C=O) groups is 1. The summed E-state index contributed by atoms with van der Waals surface area (Å²) < 4.78 is 40.3. The molecule has 0 unspecified atom stereocenters. The zero-order chi connectivity index (χ0) is 26.3. The van der Waals surface area contributed by atoms with Gasteiger partial charge in [-0.05, 0) is 42.8 Å². The Kier molecular flexibility index (Phi) is 9.26. The summed E-state index contributed by atoms with van der Waals surface area (Å²) in [5, 5.41) is 11.1. The number of rotatable bonds is 13. The molecule has 0 aliphatic rings.